The highest BCUT2D eigenvalue weighted by Gasteiger charge is 2.24. The van der Waals surface area contributed by atoms with Gasteiger partial charge >= 0.3 is 0 Å². The van der Waals surface area contributed by atoms with Gasteiger partial charge in [0.15, 0.2) is 0 Å². The quantitative estimate of drug-likeness (QED) is 0.885. The van der Waals surface area contributed by atoms with Crippen molar-refractivity contribution in [1.82, 2.24) is 9.88 Å². The minimum absolute atomic E-state index is 0.288. The number of hydrogen-bond donors (Lipinski definition) is 1. The van der Waals surface area contributed by atoms with Crippen molar-refractivity contribution < 1.29 is 4.74 Å². The van der Waals surface area contributed by atoms with Crippen LogP contribution in [0.2, 0.25) is 0 Å². The average Bonchev–Trinajstić information content (AvgIpc) is 2.49. The first-order valence-electron chi connectivity index (χ1n) is 7.22. The molecule has 0 bridgehead atoms. The summed E-state index contributed by atoms with van der Waals surface area (Å²) in [7, 11) is 1.64. The van der Waals surface area contributed by atoms with Crippen LogP contribution in [0.1, 0.15) is 37.8 Å². The van der Waals surface area contributed by atoms with Crippen LogP contribution in [0.5, 0.6) is 5.88 Å². The normalized spacial score (nSPS) is 19.3. The van der Waals surface area contributed by atoms with E-state index in [4.69, 9.17) is 10.5 Å². The van der Waals surface area contributed by atoms with E-state index in [1.807, 2.05) is 12.3 Å². The zero-order valence-corrected chi connectivity index (χ0v) is 12.0. The molecule has 0 radical (unpaired) electrons. The van der Waals surface area contributed by atoms with Crippen LogP contribution in [0.3, 0.4) is 0 Å². The van der Waals surface area contributed by atoms with E-state index in [1.54, 1.807) is 7.11 Å². The van der Waals surface area contributed by atoms with Crippen LogP contribution >= 0.6 is 0 Å². The molecule has 0 saturated carbocycles. The van der Waals surface area contributed by atoms with Gasteiger partial charge in [-0.1, -0.05) is 19.4 Å². The molecule has 1 aromatic heterocycles. The lowest BCUT2D eigenvalue weighted by Gasteiger charge is -2.37. The first-order chi connectivity index (χ1) is 9.28. The van der Waals surface area contributed by atoms with E-state index in [0.717, 1.165) is 19.0 Å². The first-order valence-corrected chi connectivity index (χ1v) is 7.22. The number of methoxy groups -OCH3 is 1. The van der Waals surface area contributed by atoms with Crippen LogP contribution in [0.25, 0.3) is 0 Å². The number of pyridine rings is 1. The van der Waals surface area contributed by atoms with Crippen LogP contribution in [0, 0.1) is 5.92 Å². The van der Waals surface area contributed by atoms with Crippen LogP contribution in [-0.2, 0) is 0 Å². The average molecular weight is 263 g/mol. The van der Waals surface area contributed by atoms with Crippen molar-refractivity contribution in [3.63, 3.8) is 0 Å². The fraction of sp³-hybridized carbons (Fsp3) is 0.667. The Morgan fingerprint density at radius 2 is 2.16 bits per heavy atom. The molecule has 2 rings (SSSR count). The van der Waals surface area contributed by atoms with Crippen molar-refractivity contribution in [2.75, 3.05) is 26.7 Å². The Morgan fingerprint density at radius 3 is 2.63 bits per heavy atom. The van der Waals surface area contributed by atoms with E-state index in [2.05, 4.69) is 22.9 Å². The maximum atomic E-state index is 5.97. The van der Waals surface area contributed by atoms with Gasteiger partial charge in [-0.2, -0.15) is 0 Å². The third kappa shape index (κ3) is 3.45. The molecule has 0 spiro atoms. The molecular formula is C15H25N3O. The van der Waals surface area contributed by atoms with E-state index in [9.17, 15) is 0 Å². The maximum absolute atomic E-state index is 5.97. The number of aromatic nitrogens is 1. The third-order valence-electron chi connectivity index (χ3n) is 4.24. The van der Waals surface area contributed by atoms with Gasteiger partial charge in [-0.15, -0.1) is 0 Å². The summed E-state index contributed by atoms with van der Waals surface area (Å²) < 4.78 is 5.10. The molecule has 2 N–H and O–H groups in total. The molecule has 1 saturated heterocycles. The summed E-state index contributed by atoms with van der Waals surface area (Å²) in [6, 6.07) is 4.28. The minimum atomic E-state index is 0.288. The molecule has 0 aromatic carbocycles. The van der Waals surface area contributed by atoms with Gasteiger partial charge in [-0.25, -0.2) is 4.98 Å². The Morgan fingerprint density at radius 1 is 1.42 bits per heavy atom. The van der Waals surface area contributed by atoms with Gasteiger partial charge in [0.1, 0.15) is 0 Å². The van der Waals surface area contributed by atoms with Gasteiger partial charge in [-0.3, -0.25) is 4.90 Å². The van der Waals surface area contributed by atoms with Crippen LogP contribution in [0.4, 0.5) is 0 Å². The molecule has 1 aliphatic heterocycles. The summed E-state index contributed by atoms with van der Waals surface area (Å²) in [6.45, 7) is 5.22. The van der Waals surface area contributed by atoms with E-state index >= 15 is 0 Å². The number of nitrogens with zero attached hydrogens (tertiary/aromatic N) is 2. The summed E-state index contributed by atoms with van der Waals surface area (Å²) in [4.78, 5) is 6.78. The molecule has 1 fully saturated rings. The second-order valence-corrected chi connectivity index (χ2v) is 5.27. The number of hydrogen-bond acceptors (Lipinski definition) is 4. The van der Waals surface area contributed by atoms with Gasteiger partial charge in [0.05, 0.1) is 7.11 Å². The van der Waals surface area contributed by atoms with E-state index in [1.165, 1.54) is 24.8 Å². The van der Waals surface area contributed by atoms with Gasteiger partial charge in [-0.05, 0) is 37.4 Å². The zero-order chi connectivity index (χ0) is 13.7. The van der Waals surface area contributed by atoms with Crippen molar-refractivity contribution >= 4 is 0 Å². The highest BCUT2D eigenvalue weighted by atomic mass is 16.5. The van der Waals surface area contributed by atoms with E-state index in [0.29, 0.717) is 12.4 Å². The van der Waals surface area contributed by atoms with Gasteiger partial charge in [0, 0.05) is 24.8 Å². The van der Waals surface area contributed by atoms with Crippen LogP contribution in [0.15, 0.2) is 18.3 Å². The Hall–Kier alpha value is -1.13. The molecule has 106 valence electrons. The Kier molecular flexibility index (Phi) is 5.16. The fourth-order valence-corrected chi connectivity index (χ4v) is 2.88. The highest BCUT2D eigenvalue weighted by molar-refractivity contribution is 5.21. The fourth-order valence-electron chi connectivity index (χ4n) is 2.88. The number of nitrogens with two attached hydrogens (primary N) is 1. The van der Waals surface area contributed by atoms with Crippen molar-refractivity contribution in [2.24, 2.45) is 11.7 Å². The first kappa shape index (κ1) is 14.3. The summed E-state index contributed by atoms with van der Waals surface area (Å²) in [5.74, 6) is 1.55. The molecule has 0 amide bonds. The lowest BCUT2D eigenvalue weighted by Crippen LogP contribution is -2.39. The molecule has 1 atom stereocenters. The lowest BCUT2D eigenvalue weighted by molar-refractivity contribution is 0.133. The van der Waals surface area contributed by atoms with Crippen molar-refractivity contribution in [3.8, 4) is 5.88 Å². The second kappa shape index (κ2) is 6.87. The molecule has 1 unspecified atom stereocenters. The summed E-state index contributed by atoms with van der Waals surface area (Å²) in [5, 5.41) is 0. The molecule has 0 aliphatic carbocycles. The van der Waals surface area contributed by atoms with Gasteiger partial charge in [0.25, 0.3) is 0 Å². The summed E-state index contributed by atoms with van der Waals surface area (Å²) >= 11 is 0. The monoisotopic (exact) mass is 263 g/mol. The van der Waals surface area contributed by atoms with Gasteiger partial charge < -0.3 is 10.5 Å². The Bertz CT molecular complexity index is 371. The van der Waals surface area contributed by atoms with Crippen molar-refractivity contribution in [2.45, 2.75) is 32.2 Å². The summed E-state index contributed by atoms with van der Waals surface area (Å²) in [5.41, 5.74) is 7.17. The van der Waals surface area contributed by atoms with Crippen molar-refractivity contribution in [1.29, 1.82) is 0 Å². The summed E-state index contributed by atoms with van der Waals surface area (Å²) in [6.07, 6.45) is 5.76. The smallest absolute Gasteiger partial charge is 0.212 e. The Balaban J connectivity index is 2.03. The molecular weight excluding hydrogens is 238 g/mol. The molecule has 4 heteroatoms. The number of rotatable bonds is 5. The minimum Gasteiger partial charge on any atom is -0.481 e. The van der Waals surface area contributed by atoms with Gasteiger partial charge in [0.2, 0.25) is 5.88 Å². The van der Waals surface area contributed by atoms with Crippen LogP contribution in [-0.4, -0.2) is 36.6 Å². The maximum Gasteiger partial charge on any atom is 0.212 e. The molecule has 1 aliphatic rings. The van der Waals surface area contributed by atoms with E-state index < -0.39 is 0 Å². The topological polar surface area (TPSA) is 51.4 Å². The molecule has 4 nitrogen and oxygen atoms in total. The predicted molar refractivity (Wildman–Crippen MR) is 77.2 cm³/mol. The lowest BCUT2D eigenvalue weighted by atomic mass is 9.92. The molecule has 1 aromatic rings. The van der Waals surface area contributed by atoms with Crippen LogP contribution < -0.4 is 10.5 Å². The largest absolute Gasteiger partial charge is 0.481 e. The standard InChI is InChI=1S/C15H25N3O/c1-3-12-6-8-18(9-7-12)14(10-16)13-4-5-15(19-2)17-11-13/h4-5,11-12,14H,3,6-10,16H2,1-2H3. The highest BCUT2D eigenvalue weighted by Crippen LogP contribution is 2.27. The van der Waals surface area contributed by atoms with Crippen molar-refractivity contribution in [3.05, 3.63) is 23.9 Å². The Labute approximate surface area is 116 Å². The third-order valence-corrected chi connectivity index (χ3v) is 4.24. The van der Waals surface area contributed by atoms with E-state index in [-0.39, 0.29) is 6.04 Å². The number of likely N-dealkylation sites (tertiary alicyclic amines) is 1. The number of piperidine rings is 1. The molecule has 2 heterocycles. The zero-order valence-electron chi connectivity index (χ0n) is 12.0. The molecule has 19 heavy (non-hydrogen) atoms. The predicted octanol–water partition coefficient (Wildman–Crippen LogP) is 2.21. The SMILES string of the molecule is CCC1CCN(C(CN)c2ccc(OC)nc2)CC1. The second-order valence-electron chi connectivity index (χ2n) is 5.27. The number of ether oxygens (including phenoxy) is 1.